The third-order valence-corrected chi connectivity index (χ3v) is 19.6. The number of hydrogen-bond donors (Lipinski definition) is 1. The molecule has 0 aliphatic carbocycles. The average molecular weight is 1320 g/mol. The molecule has 0 heterocycles. The minimum Gasteiger partial charge on any atom is -0.462 e. The van der Waals surface area contributed by atoms with Crippen LogP contribution in [0.4, 0.5) is 0 Å². The Bertz CT molecular complexity index is 1640. The third-order valence-electron chi connectivity index (χ3n) is 18.6. The third kappa shape index (κ3) is 77.2. The molecule has 9 nitrogen and oxygen atoms in total. The van der Waals surface area contributed by atoms with Gasteiger partial charge in [-0.25, -0.2) is 4.57 Å². The summed E-state index contributed by atoms with van der Waals surface area (Å²) in [5, 5.41) is 0. The van der Waals surface area contributed by atoms with Gasteiger partial charge in [-0.15, -0.1) is 0 Å². The first kappa shape index (κ1) is 90.2. The predicted molar refractivity (Wildman–Crippen MR) is 400 cm³/mol. The van der Waals surface area contributed by atoms with Crippen molar-refractivity contribution < 1.29 is 42.1 Å². The van der Waals surface area contributed by atoms with Gasteiger partial charge in [-0.05, 0) is 70.6 Å². The zero-order chi connectivity index (χ0) is 66.9. The SMILES string of the molecule is CCCCCCC/C=C\C/C=C\CCCCCCCCCCCCCCCCCCCCCCCC(=O)OC(COC(=O)CCCCCCCCCCCCCCCCCCCCCCCCC/C=C\CCCCCCCCCC)COP(=O)(O)OCC[N+](C)(C)C. The van der Waals surface area contributed by atoms with E-state index in [1.807, 2.05) is 21.1 Å². The minimum atomic E-state index is -4.39. The molecule has 0 aromatic heterocycles. The summed E-state index contributed by atoms with van der Waals surface area (Å²) in [6.45, 7) is 4.51. The van der Waals surface area contributed by atoms with Gasteiger partial charge in [-0.1, -0.05) is 378 Å². The molecule has 0 fully saturated rings. The molecule has 10 heteroatoms. The molecule has 0 aromatic carbocycles. The Morgan fingerprint density at radius 1 is 0.337 bits per heavy atom. The molecule has 0 saturated carbocycles. The molecule has 544 valence electrons. The maximum atomic E-state index is 12.9. The number of rotatable bonds is 77. The number of likely N-dealkylation sites (N-methyl/N-ethyl adjacent to an activating group) is 1. The largest absolute Gasteiger partial charge is 0.472 e. The van der Waals surface area contributed by atoms with E-state index in [1.54, 1.807) is 0 Å². The molecule has 0 spiro atoms. The van der Waals surface area contributed by atoms with E-state index in [9.17, 15) is 19.0 Å². The quantitative estimate of drug-likeness (QED) is 0.0211. The van der Waals surface area contributed by atoms with Gasteiger partial charge in [0.2, 0.25) is 0 Å². The van der Waals surface area contributed by atoms with E-state index in [2.05, 4.69) is 50.3 Å². The standard InChI is InChI=1S/C82H158NO8P/c1-6-8-10-12-14-16-18-20-22-24-26-28-30-32-34-36-38-40-41-43-44-46-48-50-52-54-56-58-60-62-64-66-68-70-72-74-81(84)88-78-80(79-90-92(86,87)89-77-76-83(3,4)5)91-82(85)75-73-71-69-67-65-63-61-59-57-55-53-51-49-47-45-42-39-37-35-33-31-29-27-25-23-21-19-17-15-13-11-9-7-2/h19,21,24-27,80H,6-18,20,22-23,28-79H2,1-5H3/p+1/b21-19-,26-24-,27-25-. The zero-order valence-corrected chi connectivity index (χ0v) is 63.2. The summed E-state index contributed by atoms with van der Waals surface area (Å²) in [4.78, 5) is 36.0. The Labute approximate surface area is 573 Å². The van der Waals surface area contributed by atoms with Gasteiger partial charge < -0.3 is 18.9 Å². The molecule has 0 saturated heterocycles. The molecule has 0 aliphatic heterocycles. The van der Waals surface area contributed by atoms with Crippen molar-refractivity contribution in [2.75, 3.05) is 47.5 Å². The first-order chi connectivity index (χ1) is 45.0. The topological polar surface area (TPSA) is 108 Å². The highest BCUT2D eigenvalue weighted by Crippen LogP contribution is 2.43. The number of unbranched alkanes of at least 4 members (excludes halogenated alkanes) is 57. The van der Waals surface area contributed by atoms with E-state index >= 15 is 0 Å². The fourth-order valence-corrected chi connectivity index (χ4v) is 13.1. The number of phosphoric acid groups is 1. The number of carbonyl (C=O) groups is 2. The first-order valence-corrected chi connectivity index (χ1v) is 42.2. The summed E-state index contributed by atoms with van der Waals surface area (Å²) in [6.07, 6.45) is 95.9. The van der Waals surface area contributed by atoms with Crippen molar-refractivity contribution in [1.82, 2.24) is 0 Å². The summed E-state index contributed by atoms with van der Waals surface area (Å²) < 4.78 is 34.8. The number of nitrogens with zero attached hydrogens (tertiary/aromatic N) is 1. The molecule has 92 heavy (non-hydrogen) atoms. The number of esters is 2. The van der Waals surface area contributed by atoms with E-state index in [0.717, 1.165) is 38.5 Å². The lowest BCUT2D eigenvalue weighted by Gasteiger charge is -2.24. The van der Waals surface area contributed by atoms with Crippen LogP contribution in [0.1, 0.15) is 425 Å². The zero-order valence-electron chi connectivity index (χ0n) is 62.3. The van der Waals surface area contributed by atoms with E-state index in [0.29, 0.717) is 23.9 Å². The van der Waals surface area contributed by atoms with Gasteiger partial charge in [0.1, 0.15) is 19.8 Å². The Balaban J connectivity index is 3.90. The van der Waals surface area contributed by atoms with Gasteiger partial charge in [-0.2, -0.15) is 0 Å². The summed E-state index contributed by atoms with van der Waals surface area (Å²) in [7, 11) is 1.50. The lowest BCUT2D eigenvalue weighted by molar-refractivity contribution is -0.870. The molecular formula is C82H159NO8P+. The van der Waals surface area contributed by atoms with Crippen LogP contribution in [-0.4, -0.2) is 74.9 Å². The van der Waals surface area contributed by atoms with Crippen molar-refractivity contribution >= 4 is 19.8 Å². The Kier molecular flexibility index (Phi) is 72.1. The predicted octanol–water partition coefficient (Wildman–Crippen LogP) is 27.0. The van der Waals surface area contributed by atoms with Gasteiger partial charge in [0.15, 0.2) is 6.10 Å². The van der Waals surface area contributed by atoms with Gasteiger partial charge in [0.05, 0.1) is 27.7 Å². The molecule has 0 radical (unpaired) electrons. The highest BCUT2D eigenvalue weighted by Gasteiger charge is 2.27. The monoisotopic (exact) mass is 1320 g/mol. The van der Waals surface area contributed by atoms with Crippen molar-refractivity contribution in [3.05, 3.63) is 36.5 Å². The van der Waals surface area contributed by atoms with Crippen LogP contribution in [0.5, 0.6) is 0 Å². The van der Waals surface area contributed by atoms with E-state index in [-0.39, 0.29) is 25.6 Å². The second kappa shape index (κ2) is 73.5. The molecule has 2 unspecified atom stereocenters. The van der Waals surface area contributed by atoms with Crippen molar-refractivity contribution in [3.63, 3.8) is 0 Å². The molecular weight excluding hydrogens is 1160 g/mol. The average Bonchev–Trinajstić information content (AvgIpc) is 2.23. The Morgan fingerprint density at radius 2 is 0.587 bits per heavy atom. The van der Waals surface area contributed by atoms with Crippen LogP contribution in [0.15, 0.2) is 36.5 Å². The minimum absolute atomic E-state index is 0.0354. The molecule has 0 bridgehead atoms. The maximum absolute atomic E-state index is 12.9. The van der Waals surface area contributed by atoms with Gasteiger partial charge in [0.25, 0.3) is 0 Å². The van der Waals surface area contributed by atoms with Crippen LogP contribution < -0.4 is 0 Å². The van der Waals surface area contributed by atoms with Crippen LogP contribution in [0.25, 0.3) is 0 Å². The molecule has 0 amide bonds. The molecule has 1 N–H and O–H groups in total. The van der Waals surface area contributed by atoms with Gasteiger partial charge in [-0.3, -0.25) is 18.6 Å². The first-order valence-electron chi connectivity index (χ1n) is 40.7. The van der Waals surface area contributed by atoms with Gasteiger partial charge in [0, 0.05) is 12.8 Å². The number of carbonyl (C=O) groups excluding carboxylic acids is 2. The highest BCUT2D eigenvalue weighted by molar-refractivity contribution is 7.47. The molecule has 0 aliphatic rings. The van der Waals surface area contributed by atoms with Crippen molar-refractivity contribution in [2.45, 2.75) is 431 Å². The van der Waals surface area contributed by atoms with Crippen LogP contribution in [-0.2, 0) is 32.7 Å². The normalized spacial score (nSPS) is 13.2. The number of phosphoric ester groups is 1. The van der Waals surface area contributed by atoms with Crippen LogP contribution in [0, 0.1) is 0 Å². The maximum Gasteiger partial charge on any atom is 0.472 e. The molecule has 0 aromatic rings. The Hall–Kier alpha value is -1.77. The van der Waals surface area contributed by atoms with Crippen LogP contribution in [0.2, 0.25) is 0 Å². The van der Waals surface area contributed by atoms with E-state index in [1.165, 1.54) is 353 Å². The fourth-order valence-electron chi connectivity index (χ4n) is 12.4. The number of quaternary nitrogens is 1. The van der Waals surface area contributed by atoms with Crippen molar-refractivity contribution in [3.8, 4) is 0 Å². The number of hydrogen-bond acceptors (Lipinski definition) is 7. The van der Waals surface area contributed by atoms with Crippen molar-refractivity contribution in [1.29, 1.82) is 0 Å². The summed E-state index contributed by atoms with van der Waals surface area (Å²) >= 11 is 0. The van der Waals surface area contributed by atoms with Crippen LogP contribution in [0.3, 0.4) is 0 Å². The number of allylic oxidation sites excluding steroid dienone is 6. The van der Waals surface area contributed by atoms with Gasteiger partial charge >= 0.3 is 19.8 Å². The Morgan fingerprint density at radius 3 is 0.870 bits per heavy atom. The molecule has 2 atom stereocenters. The summed E-state index contributed by atoms with van der Waals surface area (Å²) in [5.74, 6) is -0.770. The second-order valence-corrected chi connectivity index (χ2v) is 30.6. The highest BCUT2D eigenvalue weighted by atomic mass is 31.2. The van der Waals surface area contributed by atoms with Crippen LogP contribution >= 0.6 is 7.82 Å². The summed E-state index contributed by atoms with van der Waals surface area (Å²) in [6, 6.07) is 0. The van der Waals surface area contributed by atoms with Crippen molar-refractivity contribution in [2.24, 2.45) is 0 Å². The fraction of sp³-hybridized carbons (Fsp3) is 0.902. The molecule has 0 rings (SSSR count). The number of ether oxygens (including phenoxy) is 2. The lowest BCUT2D eigenvalue weighted by atomic mass is 10.0. The second-order valence-electron chi connectivity index (χ2n) is 29.2. The summed E-state index contributed by atoms with van der Waals surface area (Å²) in [5.41, 5.74) is 0. The smallest absolute Gasteiger partial charge is 0.462 e. The lowest BCUT2D eigenvalue weighted by Crippen LogP contribution is -2.37. The van der Waals surface area contributed by atoms with E-state index in [4.69, 9.17) is 18.5 Å². The van der Waals surface area contributed by atoms with E-state index < -0.39 is 26.5 Å².